The van der Waals surface area contributed by atoms with E-state index in [0.29, 0.717) is 29.2 Å². The van der Waals surface area contributed by atoms with Gasteiger partial charge < -0.3 is 9.64 Å². The molecule has 1 saturated heterocycles. The van der Waals surface area contributed by atoms with Gasteiger partial charge in [0.1, 0.15) is 12.6 Å². The lowest BCUT2D eigenvalue weighted by molar-refractivity contribution is -0.140. The van der Waals surface area contributed by atoms with Crippen molar-refractivity contribution < 1.29 is 19.1 Å². The Hall–Kier alpha value is -2.08. The fourth-order valence-electron chi connectivity index (χ4n) is 2.99. The second kappa shape index (κ2) is 5.61. The van der Waals surface area contributed by atoms with Gasteiger partial charge >= 0.3 is 5.97 Å². The van der Waals surface area contributed by atoms with E-state index in [2.05, 4.69) is 4.74 Å². The highest BCUT2D eigenvalue weighted by Gasteiger charge is 2.42. The smallest absolute Gasteiger partial charge is 0.325 e. The highest BCUT2D eigenvalue weighted by atomic mass is 35.5. The molecule has 6 nitrogen and oxygen atoms in total. The van der Waals surface area contributed by atoms with Crippen LogP contribution in [0.4, 0.5) is 5.69 Å². The van der Waals surface area contributed by atoms with Crippen molar-refractivity contribution in [1.82, 2.24) is 4.90 Å². The van der Waals surface area contributed by atoms with Crippen molar-refractivity contribution in [2.45, 2.75) is 18.9 Å². The van der Waals surface area contributed by atoms with Crippen molar-refractivity contribution in [3.8, 4) is 0 Å². The Labute approximate surface area is 132 Å². The molecule has 1 fully saturated rings. The van der Waals surface area contributed by atoms with Crippen molar-refractivity contribution in [2.24, 2.45) is 0 Å². The maximum atomic E-state index is 12.8. The summed E-state index contributed by atoms with van der Waals surface area (Å²) in [5, 5.41) is 0.399. The third-order valence-corrected chi connectivity index (χ3v) is 4.30. The zero-order chi connectivity index (χ0) is 15.9. The van der Waals surface area contributed by atoms with Gasteiger partial charge in [0.2, 0.25) is 5.91 Å². The number of hydrogen-bond donors (Lipinski definition) is 0. The maximum absolute atomic E-state index is 12.8. The van der Waals surface area contributed by atoms with Gasteiger partial charge in [-0.15, -0.1) is 0 Å². The molecule has 116 valence electrons. The minimum Gasteiger partial charge on any atom is -0.468 e. The van der Waals surface area contributed by atoms with Crippen LogP contribution in [0.15, 0.2) is 18.2 Å². The molecule has 2 amide bonds. The number of esters is 1. The summed E-state index contributed by atoms with van der Waals surface area (Å²) in [6.45, 7) is 0.309. The molecule has 22 heavy (non-hydrogen) atoms. The van der Waals surface area contributed by atoms with Gasteiger partial charge in [0, 0.05) is 11.6 Å². The number of rotatable bonds is 2. The molecule has 0 aromatic heterocycles. The van der Waals surface area contributed by atoms with Crippen LogP contribution in [-0.4, -0.2) is 48.9 Å². The molecular weight excluding hydrogens is 308 g/mol. The number of methoxy groups -OCH3 is 1. The lowest BCUT2D eigenvalue weighted by atomic mass is 10.1. The minimum atomic E-state index is -0.543. The summed E-state index contributed by atoms with van der Waals surface area (Å²) in [4.78, 5) is 40.0. The average molecular weight is 323 g/mol. The molecule has 0 N–H and O–H groups in total. The molecule has 0 radical (unpaired) electrons. The summed E-state index contributed by atoms with van der Waals surface area (Å²) in [6.07, 6.45) is 1.38. The Morgan fingerprint density at radius 3 is 2.91 bits per heavy atom. The third kappa shape index (κ3) is 2.33. The third-order valence-electron chi connectivity index (χ3n) is 4.06. The number of carbonyl (C=O) groups is 3. The van der Waals surface area contributed by atoms with E-state index >= 15 is 0 Å². The number of benzene rings is 1. The summed E-state index contributed by atoms with van der Waals surface area (Å²) >= 11 is 6.00. The van der Waals surface area contributed by atoms with Crippen molar-refractivity contribution in [3.63, 3.8) is 0 Å². The van der Waals surface area contributed by atoms with Crippen LogP contribution in [0.25, 0.3) is 0 Å². The van der Waals surface area contributed by atoms with Gasteiger partial charge in [0.15, 0.2) is 0 Å². The first-order valence-electron chi connectivity index (χ1n) is 7.01. The summed E-state index contributed by atoms with van der Waals surface area (Å²) in [5.74, 6) is -1.01. The van der Waals surface area contributed by atoms with Crippen LogP contribution in [0.1, 0.15) is 23.2 Å². The fourth-order valence-corrected chi connectivity index (χ4v) is 3.15. The first kappa shape index (κ1) is 14.8. The minimum absolute atomic E-state index is 0.199. The van der Waals surface area contributed by atoms with Crippen molar-refractivity contribution in [3.05, 3.63) is 28.8 Å². The molecule has 0 aliphatic carbocycles. The highest BCUT2D eigenvalue weighted by molar-refractivity contribution is 6.31. The van der Waals surface area contributed by atoms with Crippen LogP contribution in [-0.2, 0) is 14.3 Å². The molecule has 0 spiro atoms. The van der Waals surface area contributed by atoms with E-state index in [4.69, 9.17) is 11.6 Å². The van der Waals surface area contributed by atoms with E-state index in [9.17, 15) is 14.4 Å². The largest absolute Gasteiger partial charge is 0.468 e. The Bertz CT molecular complexity index is 661. The summed E-state index contributed by atoms with van der Waals surface area (Å²) in [6, 6.07) is 4.22. The van der Waals surface area contributed by atoms with Crippen LogP contribution in [0.2, 0.25) is 5.02 Å². The zero-order valence-corrected chi connectivity index (χ0v) is 12.8. The molecule has 1 aromatic rings. The molecule has 0 saturated carbocycles. The molecule has 0 unspecified atom stereocenters. The molecule has 1 aromatic carbocycles. The standard InChI is InChI=1S/C15H15ClN2O4/c1-22-13(19)8-18-12-7-9(16)4-5-10(12)14(20)17-6-2-3-11(17)15(18)21/h4-5,7,11H,2-3,6,8H2,1H3/t11-/m1/s1. The van der Waals surface area contributed by atoms with Crippen molar-refractivity contribution in [2.75, 3.05) is 25.1 Å². The Balaban J connectivity index is 2.12. The molecule has 0 bridgehead atoms. The number of ether oxygens (including phenoxy) is 1. The fraction of sp³-hybridized carbons (Fsp3) is 0.400. The van der Waals surface area contributed by atoms with Gasteiger partial charge in [-0.25, -0.2) is 0 Å². The Morgan fingerprint density at radius 2 is 2.18 bits per heavy atom. The number of anilines is 1. The molecule has 1 atom stereocenters. The monoisotopic (exact) mass is 322 g/mol. The first-order valence-corrected chi connectivity index (χ1v) is 7.39. The maximum Gasteiger partial charge on any atom is 0.325 e. The topological polar surface area (TPSA) is 66.9 Å². The van der Waals surface area contributed by atoms with Gasteiger partial charge in [0.05, 0.1) is 18.4 Å². The quantitative estimate of drug-likeness (QED) is 0.773. The Morgan fingerprint density at radius 1 is 1.41 bits per heavy atom. The van der Waals surface area contributed by atoms with E-state index in [1.807, 2.05) is 0 Å². The number of halogens is 1. The molecule has 2 heterocycles. The Kier molecular flexibility index (Phi) is 3.78. The SMILES string of the molecule is COC(=O)CN1C(=O)[C@H]2CCCN2C(=O)c2ccc(Cl)cc21. The van der Waals surface area contributed by atoms with E-state index < -0.39 is 12.0 Å². The van der Waals surface area contributed by atoms with Gasteiger partial charge in [0.25, 0.3) is 5.91 Å². The van der Waals surface area contributed by atoms with Gasteiger partial charge in [-0.3, -0.25) is 19.3 Å². The van der Waals surface area contributed by atoms with E-state index in [1.54, 1.807) is 17.0 Å². The normalized spacial score (nSPS) is 20.5. The van der Waals surface area contributed by atoms with Gasteiger partial charge in [-0.2, -0.15) is 0 Å². The summed E-state index contributed by atoms with van der Waals surface area (Å²) in [5.41, 5.74) is 0.744. The average Bonchev–Trinajstić information content (AvgIpc) is 2.97. The molecule has 7 heteroatoms. The summed E-state index contributed by atoms with van der Waals surface area (Å²) < 4.78 is 4.66. The molecule has 3 rings (SSSR count). The van der Waals surface area contributed by atoms with Crippen LogP contribution < -0.4 is 4.90 Å². The predicted molar refractivity (Wildman–Crippen MR) is 79.9 cm³/mol. The lowest BCUT2D eigenvalue weighted by Crippen LogP contribution is -2.46. The van der Waals surface area contributed by atoms with Gasteiger partial charge in [-0.1, -0.05) is 11.6 Å². The highest BCUT2D eigenvalue weighted by Crippen LogP contribution is 2.34. The van der Waals surface area contributed by atoms with Crippen molar-refractivity contribution >= 4 is 35.1 Å². The van der Waals surface area contributed by atoms with Crippen LogP contribution in [0, 0.1) is 0 Å². The number of nitrogens with zero attached hydrogens (tertiary/aromatic N) is 2. The molecule has 2 aliphatic rings. The number of fused-ring (bicyclic) bond motifs is 2. The second-order valence-corrected chi connectivity index (χ2v) is 5.75. The number of hydrogen-bond acceptors (Lipinski definition) is 4. The molecular formula is C15H15ClN2O4. The first-order chi connectivity index (χ1) is 10.5. The van der Waals surface area contributed by atoms with E-state index in [1.165, 1.54) is 18.1 Å². The van der Waals surface area contributed by atoms with Gasteiger partial charge in [-0.05, 0) is 31.0 Å². The van der Waals surface area contributed by atoms with Crippen LogP contribution >= 0.6 is 11.6 Å². The zero-order valence-electron chi connectivity index (χ0n) is 12.0. The van der Waals surface area contributed by atoms with E-state index in [0.717, 1.165) is 6.42 Å². The summed E-state index contributed by atoms with van der Waals surface area (Å²) in [7, 11) is 1.26. The number of amides is 2. The van der Waals surface area contributed by atoms with Crippen LogP contribution in [0.5, 0.6) is 0 Å². The van der Waals surface area contributed by atoms with E-state index in [-0.39, 0.29) is 18.4 Å². The molecule has 2 aliphatic heterocycles. The lowest BCUT2D eigenvalue weighted by Gasteiger charge is -2.24. The van der Waals surface area contributed by atoms with Crippen molar-refractivity contribution in [1.29, 1.82) is 0 Å². The second-order valence-electron chi connectivity index (χ2n) is 5.32. The predicted octanol–water partition coefficient (Wildman–Crippen LogP) is 1.46. The van der Waals surface area contributed by atoms with Crippen LogP contribution in [0.3, 0.4) is 0 Å². The number of carbonyl (C=O) groups excluding carboxylic acids is 3.